The maximum Gasteiger partial charge on any atom is 0.328 e. The molecule has 0 saturated carbocycles. The summed E-state index contributed by atoms with van der Waals surface area (Å²) in [6.07, 6.45) is 2.29. The van der Waals surface area contributed by atoms with Crippen LogP contribution in [0.4, 0.5) is 11.4 Å². The zero-order valence-corrected chi connectivity index (χ0v) is 16.8. The fourth-order valence-corrected chi connectivity index (χ4v) is 3.47. The summed E-state index contributed by atoms with van der Waals surface area (Å²) in [4.78, 5) is 26.9. The number of fused-ring (bicyclic) bond motifs is 1. The van der Waals surface area contributed by atoms with Crippen LogP contribution in [0.25, 0.3) is 11.0 Å². The largest absolute Gasteiger partial charge is 0.370 e. The standard InChI is InChI=1S/C18H25BrN4O2/c1-11(2)16(19)17(24)20-12-9-14-15(22(4)18(25)21(14)3)10-13(12)23-7-5-6-8-23/h9-11,16H,5-8H2,1-4H3,(H,20,24)/t16-/m1/s1. The van der Waals surface area contributed by atoms with Crippen molar-refractivity contribution in [2.75, 3.05) is 23.3 Å². The number of hydrogen-bond acceptors (Lipinski definition) is 3. The van der Waals surface area contributed by atoms with Gasteiger partial charge in [-0.05, 0) is 30.9 Å². The van der Waals surface area contributed by atoms with E-state index in [1.807, 2.05) is 26.0 Å². The molecular formula is C18H25BrN4O2. The zero-order chi connectivity index (χ0) is 18.3. The summed E-state index contributed by atoms with van der Waals surface area (Å²) in [5, 5.41) is 3.06. The van der Waals surface area contributed by atoms with Crippen LogP contribution in [0, 0.1) is 5.92 Å². The number of carbonyl (C=O) groups excluding carboxylic acids is 1. The third-order valence-corrected chi connectivity index (χ3v) is 6.40. The minimum absolute atomic E-state index is 0.0595. The van der Waals surface area contributed by atoms with E-state index in [2.05, 4.69) is 26.1 Å². The molecular weight excluding hydrogens is 384 g/mol. The third kappa shape index (κ3) is 3.21. The van der Waals surface area contributed by atoms with Gasteiger partial charge in [0.25, 0.3) is 0 Å². The van der Waals surface area contributed by atoms with E-state index in [4.69, 9.17) is 0 Å². The van der Waals surface area contributed by atoms with Crippen molar-refractivity contribution in [1.82, 2.24) is 9.13 Å². The monoisotopic (exact) mass is 408 g/mol. The summed E-state index contributed by atoms with van der Waals surface area (Å²) in [5.41, 5.74) is 3.40. The van der Waals surface area contributed by atoms with E-state index in [1.54, 1.807) is 23.2 Å². The zero-order valence-electron chi connectivity index (χ0n) is 15.2. The fourth-order valence-electron chi connectivity index (χ4n) is 3.36. The molecule has 1 atom stereocenters. The Bertz CT molecular complexity index is 862. The summed E-state index contributed by atoms with van der Waals surface area (Å²) >= 11 is 3.47. The average molecular weight is 409 g/mol. The molecule has 2 heterocycles. The highest BCUT2D eigenvalue weighted by Crippen LogP contribution is 2.33. The molecule has 1 fully saturated rings. The Morgan fingerprint density at radius 3 is 2.24 bits per heavy atom. The van der Waals surface area contributed by atoms with E-state index < -0.39 is 0 Å². The molecule has 6 nitrogen and oxygen atoms in total. The lowest BCUT2D eigenvalue weighted by molar-refractivity contribution is -0.116. The maximum absolute atomic E-state index is 12.6. The van der Waals surface area contributed by atoms with Crippen molar-refractivity contribution >= 4 is 44.2 Å². The van der Waals surface area contributed by atoms with Crippen LogP contribution in [0.5, 0.6) is 0 Å². The second-order valence-electron chi connectivity index (χ2n) is 7.09. The molecule has 0 spiro atoms. The van der Waals surface area contributed by atoms with E-state index in [0.717, 1.165) is 48.3 Å². The number of nitrogens with one attached hydrogen (secondary N) is 1. The van der Waals surface area contributed by atoms with Crippen molar-refractivity contribution in [2.24, 2.45) is 20.0 Å². The van der Waals surface area contributed by atoms with Gasteiger partial charge in [-0.1, -0.05) is 29.8 Å². The quantitative estimate of drug-likeness (QED) is 0.791. The van der Waals surface area contributed by atoms with Gasteiger partial charge in [0, 0.05) is 27.2 Å². The number of nitrogens with zero attached hydrogens (tertiary/aromatic N) is 3. The topological polar surface area (TPSA) is 59.3 Å². The second kappa shape index (κ2) is 6.86. The summed E-state index contributed by atoms with van der Waals surface area (Å²) in [6, 6.07) is 3.94. The van der Waals surface area contributed by atoms with E-state index in [1.165, 1.54) is 0 Å². The van der Waals surface area contributed by atoms with Crippen molar-refractivity contribution in [2.45, 2.75) is 31.5 Å². The Kier molecular flexibility index (Phi) is 4.95. The lowest BCUT2D eigenvalue weighted by atomic mass is 10.1. The second-order valence-corrected chi connectivity index (χ2v) is 8.07. The van der Waals surface area contributed by atoms with E-state index >= 15 is 0 Å². The SMILES string of the molecule is CC(C)[C@@H](Br)C(=O)Nc1cc2c(cc1N1CCCC1)n(C)c(=O)n2C. The highest BCUT2D eigenvalue weighted by molar-refractivity contribution is 9.10. The summed E-state index contributed by atoms with van der Waals surface area (Å²) in [5.74, 6) is 0.135. The molecule has 1 amide bonds. The van der Waals surface area contributed by atoms with Crippen molar-refractivity contribution < 1.29 is 4.79 Å². The van der Waals surface area contributed by atoms with Crippen LogP contribution in [0.1, 0.15) is 26.7 Å². The lowest BCUT2D eigenvalue weighted by Crippen LogP contribution is -2.28. The molecule has 1 N–H and O–H groups in total. The van der Waals surface area contributed by atoms with Gasteiger partial charge in [-0.25, -0.2) is 4.79 Å². The van der Waals surface area contributed by atoms with Crippen LogP contribution in [0.2, 0.25) is 0 Å². The Morgan fingerprint density at radius 2 is 1.68 bits per heavy atom. The number of hydrogen-bond donors (Lipinski definition) is 1. The van der Waals surface area contributed by atoms with E-state index in [9.17, 15) is 9.59 Å². The van der Waals surface area contributed by atoms with Crippen molar-refractivity contribution in [1.29, 1.82) is 0 Å². The molecule has 0 aliphatic carbocycles. The maximum atomic E-state index is 12.6. The molecule has 0 radical (unpaired) electrons. The first-order chi connectivity index (χ1) is 11.8. The highest BCUT2D eigenvalue weighted by Gasteiger charge is 2.23. The number of alkyl halides is 1. The van der Waals surface area contributed by atoms with Gasteiger partial charge >= 0.3 is 5.69 Å². The minimum atomic E-state index is -0.255. The van der Waals surface area contributed by atoms with Gasteiger partial charge in [-0.15, -0.1) is 0 Å². The van der Waals surface area contributed by atoms with Gasteiger partial charge in [0.05, 0.1) is 27.2 Å². The number of rotatable bonds is 4. The van der Waals surface area contributed by atoms with Crippen molar-refractivity contribution in [3.8, 4) is 0 Å². The first kappa shape index (κ1) is 18.0. The summed E-state index contributed by atoms with van der Waals surface area (Å²) in [6.45, 7) is 5.95. The molecule has 25 heavy (non-hydrogen) atoms. The molecule has 1 aromatic heterocycles. The molecule has 7 heteroatoms. The molecule has 1 saturated heterocycles. The van der Waals surface area contributed by atoms with Crippen molar-refractivity contribution in [3.05, 3.63) is 22.6 Å². The van der Waals surface area contributed by atoms with Crippen molar-refractivity contribution in [3.63, 3.8) is 0 Å². The number of aryl methyl sites for hydroxylation is 2. The predicted molar refractivity (Wildman–Crippen MR) is 106 cm³/mol. The van der Waals surface area contributed by atoms with E-state index in [0.29, 0.717) is 0 Å². The molecule has 1 aliphatic heterocycles. The molecule has 136 valence electrons. The summed E-state index contributed by atoms with van der Waals surface area (Å²) in [7, 11) is 3.54. The van der Waals surface area contributed by atoms with Crippen LogP contribution in [0.3, 0.4) is 0 Å². The van der Waals surface area contributed by atoms with Gasteiger partial charge in [-0.3, -0.25) is 13.9 Å². The number of aromatic nitrogens is 2. The Hall–Kier alpha value is -1.76. The highest BCUT2D eigenvalue weighted by atomic mass is 79.9. The normalized spacial score (nSPS) is 16.0. The number of imidazole rings is 1. The molecule has 3 rings (SSSR count). The molecule has 2 aromatic rings. The van der Waals surface area contributed by atoms with E-state index in [-0.39, 0.29) is 22.3 Å². The lowest BCUT2D eigenvalue weighted by Gasteiger charge is -2.23. The molecule has 0 bridgehead atoms. The Labute approximate surface area is 155 Å². The third-order valence-electron chi connectivity index (χ3n) is 4.93. The molecule has 1 aliphatic rings. The predicted octanol–water partition coefficient (Wildman–Crippen LogP) is 2.84. The van der Waals surface area contributed by atoms with Gasteiger partial charge < -0.3 is 10.2 Å². The first-order valence-corrected chi connectivity index (χ1v) is 9.62. The average Bonchev–Trinajstić information content (AvgIpc) is 3.18. The van der Waals surface area contributed by atoms with Gasteiger partial charge in [0.15, 0.2) is 0 Å². The minimum Gasteiger partial charge on any atom is -0.370 e. The van der Waals surface area contributed by atoms with Crippen LogP contribution < -0.4 is 15.9 Å². The Morgan fingerprint density at radius 1 is 1.12 bits per heavy atom. The number of amides is 1. The van der Waals surface area contributed by atoms with Crippen LogP contribution in [-0.4, -0.2) is 33.0 Å². The molecule has 1 aromatic carbocycles. The van der Waals surface area contributed by atoms with Gasteiger partial charge in [-0.2, -0.15) is 0 Å². The number of anilines is 2. The smallest absolute Gasteiger partial charge is 0.328 e. The van der Waals surface area contributed by atoms with Crippen LogP contribution in [-0.2, 0) is 18.9 Å². The number of halogens is 1. The molecule has 0 unspecified atom stereocenters. The van der Waals surface area contributed by atoms with Crippen LogP contribution >= 0.6 is 15.9 Å². The fraction of sp³-hybridized carbons (Fsp3) is 0.556. The Balaban J connectivity index is 2.10. The van der Waals surface area contributed by atoms with Gasteiger partial charge in [0.1, 0.15) is 0 Å². The van der Waals surface area contributed by atoms with Gasteiger partial charge in [0.2, 0.25) is 5.91 Å². The van der Waals surface area contributed by atoms with Crippen LogP contribution in [0.15, 0.2) is 16.9 Å². The number of carbonyl (C=O) groups is 1. The first-order valence-electron chi connectivity index (χ1n) is 8.70. The number of benzene rings is 1. The summed E-state index contributed by atoms with van der Waals surface area (Å²) < 4.78 is 3.27.